The van der Waals surface area contributed by atoms with Crippen LogP contribution in [0.3, 0.4) is 0 Å². The third-order valence-corrected chi connectivity index (χ3v) is 5.62. The van der Waals surface area contributed by atoms with E-state index in [0.717, 1.165) is 12.0 Å². The highest BCUT2D eigenvalue weighted by Gasteiger charge is 2.16. The molecule has 0 aromatic heterocycles. The lowest BCUT2D eigenvalue weighted by atomic mass is 9.98. The van der Waals surface area contributed by atoms with Gasteiger partial charge in [-0.1, -0.05) is 61.5 Å². The third kappa shape index (κ3) is 5.09. The summed E-state index contributed by atoms with van der Waals surface area (Å²) in [5.41, 5.74) is 3.35. The predicted octanol–water partition coefficient (Wildman–Crippen LogP) is 7.98. The van der Waals surface area contributed by atoms with Crippen LogP contribution in [0.5, 0.6) is 11.5 Å². The van der Waals surface area contributed by atoms with Crippen LogP contribution in [0, 0.1) is 17.5 Å². The van der Waals surface area contributed by atoms with E-state index < -0.39 is 17.5 Å². The molecule has 0 unspecified atom stereocenters. The van der Waals surface area contributed by atoms with Crippen LogP contribution >= 0.6 is 0 Å². The number of aryl methyl sites for hydroxylation is 1. The van der Waals surface area contributed by atoms with Gasteiger partial charge in [0.2, 0.25) is 0 Å². The van der Waals surface area contributed by atoms with E-state index in [4.69, 9.17) is 9.47 Å². The lowest BCUT2D eigenvalue weighted by Gasteiger charge is -2.11. The molecule has 0 saturated heterocycles. The van der Waals surface area contributed by atoms with Gasteiger partial charge in [-0.25, -0.2) is 13.2 Å². The topological polar surface area (TPSA) is 18.5 Å². The summed E-state index contributed by atoms with van der Waals surface area (Å²) in [6.07, 6.45) is 0.882. The molecule has 0 spiro atoms. The Labute approximate surface area is 197 Å². The molecule has 0 aliphatic heterocycles. The molecule has 4 aromatic rings. The molecule has 2 nitrogen and oxygen atoms in total. The fourth-order valence-electron chi connectivity index (χ4n) is 3.72. The molecule has 5 heteroatoms. The summed E-state index contributed by atoms with van der Waals surface area (Å²) in [6, 6.07) is 22.0. The molecule has 34 heavy (non-hydrogen) atoms. The summed E-state index contributed by atoms with van der Waals surface area (Å²) in [6.45, 7) is 4.38. The Morgan fingerprint density at radius 2 is 1.18 bits per heavy atom. The summed E-state index contributed by atoms with van der Waals surface area (Å²) in [4.78, 5) is 0. The Hall–Kier alpha value is -3.73. The Bertz CT molecular complexity index is 1270. The van der Waals surface area contributed by atoms with Crippen molar-refractivity contribution in [2.45, 2.75) is 26.9 Å². The van der Waals surface area contributed by atoms with Gasteiger partial charge in [0.25, 0.3) is 0 Å². The number of benzene rings is 4. The molecule has 174 valence electrons. The van der Waals surface area contributed by atoms with Gasteiger partial charge >= 0.3 is 0 Å². The van der Waals surface area contributed by atoms with Crippen LogP contribution in [-0.4, -0.2) is 6.61 Å². The summed E-state index contributed by atoms with van der Waals surface area (Å²) < 4.78 is 54.7. The number of ether oxygens (including phenoxy) is 2. The minimum absolute atomic E-state index is 0.164. The standard InChI is InChI=1S/C29H25F3O2/c1-3-19-5-8-21(9-6-19)24-14-15-25(29(32)28(24)31)22-10-12-23(13-11-22)34-18-20-7-16-27(33-4-2)26(30)17-20/h5-17H,3-4,18H2,1-2H3. The first-order valence-electron chi connectivity index (χ1n) is 11.2. The minimum Gasteiger partial charge on any atom is -0.491 e. The van der Waals surface area contributed by atoms with Crippen LogP contribution in [0.15, 0.2) is 78.9 Å². The normalized spacial score (nSPS) is 10.9. The van der Waals surface area contributed by atoms with Crippen LogP contribution in [0.25, 0.3) is 22.3 Å². The van der Waals surface area contributed by atoms with E-state index in [-0.39, 0.29) is 23.5 Å². The SMILES string of the molecule is CCOc1ccc(COc2ccc(-c3ccc(-c4ccc(CC)cc4)c(F)c3F)cc2)cc1F. The average Bonchev–Trinajstić information content (AvgIpc) is 2.86. The van der Waals surface area contributed by atoms with Crippen molar-refractivity contribution in [2.75, 3.05) is 6.61 Å². The van der Waals surface area contributed by atoms with Crippen LogP contribution in [0.4, 0.5) is 13.2 Å². The first-order chi connectivity index (χ1) is 16.5. The second-order valence-electron chi connectivity index (χ2n) is 7.85. The molecule has 0 aliphatic carbocycles. The van der Waals surface area contributed by atoms with Gasteiger partial charge in [0.1, 0.15) is 12.4 Å². The Morgan fingerprint density at radius 3 is 1.71 bits per heavy atom. The fourth-order valence-corrected chi connectivity index (χ4v) is 3.72. The molecular formula is C29H25F3O2. The highest BCUT2D eigenvalue weighted by molar-refractivity contribution is 5.72. The molecule has 0 amide bonds. The minimum atomic E-state index is -0.893. The molecule has 0 heterocycles. The van der Waals surface area contributed by atoms with Gasteiger partial charge in [0, 0.05) is 11.1 Å². The van der Waals surface area contributed by atoms with Crippen LogP contribution in [-0.2, 0) is 13.0 Å². The maximum Gasteiger partial charge on any atom is 0.167 e. The smallest absolute Gasteiger partial charge is 0.167 e. The number of hydrogen-bond acceptors (Lipinski definition) is 2. The molecule has 0 radical (unpaired) electrons. The summed E-state index contributed by atoms with van der Waals surface area (Å²) >= 11 is 0. The second kappa shape index (κ2) is 10.5. The number of rotatable bonds is 8. The van der Waals surface area contributed by atoms with Crippen LogP contribution in [0.1, 0.15) is 25.0 Å². The largest absolute Gasteiger partial charge is 0.491 e. The van der Waals surface area contributed by atoms with Gasteiger partial charge in [-0.05, 0) is 59.9 Å². The van der Waals surface area contributed by atoms with Crippen molar-refractivity contribution in [1.29, 1.82) is 0 Å². The zero-order valence-corrected chi connectivity index (χ0v) is 19.1. The van der Waals surface area contributed by atoms with Crippen LogP contribution < -0.4 is 9.47 Å². The quantitative estimate of drug-likeness (QED) is 0.264. The van der Waals surface area contributed by atoms with Gasteiger partial charge in [0.05, 0.1) is 6.61 Å². The Balaban J connectivity index is 1.48. The lowest BCUT2D eigenvalue weighted by Crippen LogP contribution is -1.99. The first kappa shape index (κ1) is 23.4. The van der Waals surface area contributed by atoms with E-state index in [0.29, 0.717) is 29.0 Å². The van der Waals surface area contributed by atoms with E-state index >= 15 is 0 Å². The molecule has 0 saturated carbocycles. The molecule has 4 rings (SSSR count). The van der Waals surface area contributed by atoms with Crippen molar-refractivity contribution in [3.05, 3.63) is 107 Å². The molecule has 0 bridgehead atoms. The van der Waals surface area contributed by atoms with Gasteiger partial charge in [-0.3, -0.25) is 0 Å². The molecule has 0 fully saturated rings. The van der Waals surface area contributed by atoms with Crippen molar-refractivity contribution in [1.82, 2.24) is 0 Å². The molecular weight excluding hydrogens is 437 g/mol. The Kier molecular flexibility index (Phi) is 7.21. The fraction of sp³-hybridized carbons (Fsp3) is 0.172. The van der Waals surface area contributed by atoms with E-state index in [1.54, 1.807) is 67.6 Å². The highest BCUT2D eigenvalue weighted by Crippen LogP contribution is 2.32. The molecule has 0 N–H and O–H groups in total. The Morgan fingerprint density at radius 1 is 0.618 bits per heavy atom. The monoisotopic (exact) mass is 462 g/mol. The van der Waals surface area contributed by atoms with E-state index in [9.17, 15) is 13.2 Å². The highest BCUT2D eigenvalue weighted by atomic mass is 19.2. The zero-order valence-electron chi connectivity index (χ0n) is 19.1. The number of hydrogen-bond donors (Lipinski definition) is 0. The van der Waals surface area contributed by atoms with E-state index in [1.807, 2.05) is 19.1 Å². The summed E-state index contributed by atoms with van der Waals surface area (Å²) in [5.74, 6) is -1.48. The zero-order chi connectivity index (χ0) is 24.1. The van der Waals surface area contributed by atoms with Crippen molar-refractivity contribution in [3.8, 4) is 33.8 Å². The van der Waals surface area contributed by atoms with Crippen LogP contribution in [0.2, 0.25) is 0 Å². The second-order valence-corrected chi connectivity index (χ2v) is 7.85. The van der Waals surface area contributed by atoms with Gasteiger partial charge in [0.15, 0.2) is 23.2 Å². The van der Waals surface area contributed by atoms with Crippen molar-refractivity contribution >= 4 is 0 Å². The molecule has 0 aliphatic rings. The van der Waals surface area contributed by atoms with Gasteiger partial charge < -0.3 is 9.47 Å². The summed E-state index contributed by atoms with van der Waals surface area (Å²) in [5, 5.41) is 0. The van der Waals surface area contributed by atoms with E-state index in [1.165, 1.54) is 6.07 Å². The molecule has 4 aromatic carbocycles. The summed E-state index contributed by atoms with van der Waals surface area (Å²) in [7, 11) is 0. The van der Waals surface area contributed by atoms with Crippen molar-refractivity contribution in [3.63, 3.8) is 0 Å². The van der Waals surface area contributed by atoms with Gasteiger partial charge in [-0.15, -0.1) is 0 Å². The lowest BCUT2D eigenvalue weighted by molar-refractivity contribution is 0.302. The van der Waals surface area contributed by atoms with Crippen molar-refractivity contribution in [2.24, 2.45) is 0 Å². The number of halogens is 3. The van der Waals surface area contributed by atoms with E-state index in [2.05, 4.69) is 0 Å². The first-order valence-corrected chi connectivity index (χ1v) is 11.2. The predicted molar refractivity (Wildman–Crippen MR) is 129 cm³/mol. The van der Waals surface area contributed by atoms with Crippen molar-refractivity contribution < 1.29 is 22.6 Å². The third-order valence-electron chi connectivity index (χ3n) is 5.62. The van der Waals surface area contributed by atoms with Gasteiger partial charge in [-0.2, -0.15) is 0 Å². The maximum atomic E-state index is 14.9. The maximum absolute atomic E-state index is 14.9. The molecule has 0 atom stereocenters. The average molecular weight is 463 g/mol.